The lowest BCUT2D eigenvalue weighted by Crippen LogP contribution is -2.12. The summed E-state index contributed by atoms with van der Waals surface area (Å²) in [6, 6.07) is 41.7. The molecule has 0 aliphatic rings. The van der Waals surface area contributed by atoms with E-state index in [1.54, 1.807) is 0 Å². The van der Waals surface area contributed by atoms with Gasteiger partial charge in [0.2, 0.25) is 0 Å². The van der Waals surface area contributed by atoms with Crippen LogP contribution < -0.4 is 21.3 Å². The number of nitrogens with zero attached hydrogens (tertiary/aromatic N) is 2. The predicted molar refractivity (Wildman–Crippen MR) is 154 cm³/mol. The number of nitrogens with two attached hydrogens (primary N) is 2. The maximum atomic E-state index is 5.97. The third-order valence-electron chi connectivity index (χ3n) is 6.25. The predicted octanol–water partition coefficient (Wildman–Crippen LogP) is 8.41. The second-order valence-corrected chi connectivity index (χ2v) is 9.04. The summed E-state index contributed by atoms with van der Waals surface area (Å²) in [6.07, 6.45) is 0. The van der Waals surface area contributed by atoms with E-state index >= 15 is 0 Å². The van der Waals surface area contributed by atoms with Crippen LogP contribution in [0.15, 0.2) is 121 Å². The number of rotatable bonds is 6. The molecule has 0 bridgehead atoms. The van der Waals surface area contributed by atoms with E-state index in [9.17, 15) is 0 Å². The van der Waals surface area contributed by atoms with Crippen LogP contribution in [0.2, 0.25) is 0 Å². The van der Waals surface area contributed by atoms with Crippen LogP contribution in [0.3, 0.4) is 0 Å². The van der Waals surface area contributed by atoms with Crippen molar-refractivity contribution < 1.29 is 0 Å². The van der Waals surface area contributed by atoms with Gasteiger partial charge in [-0.2, -0.15) is 0 Å². The lowest BCUT2D eigenvalue weighted by Gasteiger charge is -2.28. The Hall–Kier alpha value is -4.70. The normalized spacial score (nSPS) is 10.7. The van der Waals surface area contributed by atoms with Gasteiger partial charge in [0, 0.05) is 45.5 Å². The monoisotopic (exact) mass is 470 g/mol. The third-order valence-corrected chi connectivity index (χ3v) is 6.25. The average Bonchev–Trinajstić information content (AvgIpc) is 2.90. The van der Waals surface area contributed by atoms with Crippen molar-refractivity contribution in [3.8, 4) is 0 Å². The van der Waals surface area contributed by atoms with Crippen molar-refractivity contribution in [2.75, 3.05) is 21.3 Å². The third kappa shape index (κ3) is 4.89. The van der Waals surface area contributed by atoms with Crippen molar-refractivity contribution in [3.63, 3.8) is 0 Å². The summed E-state index contributed by atoms with van der Waals surface area (Å²) in [6.45, 7) is 4.22. The van der Waals surface area contributed by atoms with E-state index in [2.05, 4.69) is 96.4 Å². The average molecular weight is 471 g/mol. The highest BCUT2D eigenvalue weighted by Gasteiger charge is 2.16. The van der Waals surface area contributed by atoms with E-state index in [1.807, 2.05) is 48.5 Å². The quantitative estimate of drug-likeness (QED) is 0.245. The molecule has 4 heteroatoms. The van der Waals surface area contributed by atoms with Crippen molar-refractivity contribution in [1.82, 2.24) is 0 Å². The topological polar surface area (TPSA) is 58.5 Å². The van der Waals surface area contributed by atoms with Gasteiger partial charge in [-0.3, -0.25) is 0 Å². The van der Waals surface area contributed by atoms with Crippen LogP contribution in [0.4, 0.5) is 45.5 Å². The molecule has 0 saturated heterocycles. The lowest BCUT2D eigenvalue weighted by molar-refractivity contribution is 1.25. The number of benzene rings is 5. The van der Waals surface area contributed by atoms with Gasteiger partial charge in [0.15, 0.2) is 0 Å². The summed E-state index contributed by atoms with van der Waals surface area (Å²) in [7, 11) is 0. The second-order valence-electron chi connectivity index (χ2n) is 9.04. The standard InChI is InChI=1S/C32H30N4/c1-23-3-11-27(12-4-23)35(28-13-5-24(2)6-14-28)31-19-21-32(22-20-31)36(29-15-7-25(33)8-16-29)30-17-9-26(34)10-18-30/h3-22H,33-34H2,1-2H3. The molecule has 0 atom stereocenters. The van der Waals surface area contributed by atoms with Gasteiger partial charge in [-0.1, -0.05) is 35.4 Å². The van der Waals surface area contributed by atoms with Crippen molar-refractivity contribution in [1.29, 1.82) is 0 Å². The Bertz CT molecular complexity index is 1220. The molecule has 0 unspecified atom stereocenters. The summed E-state index contributed by atoms with van der Waals surface area (Å²) >= 11 is 0. The highest BCUT2D eigenvalue weighted by atomic mass is 15.2. The van der Waals surface area contributed by atoms with Crippen LogP contribution in [-0.4, -0.2) is 0 Å². The minimum Gasteiger partial charge on any atom is -0.399 e. The number of anilines is 8. The molecule has 0 aromatic heterocycles. The summed E-state index contributed by atoms with van der Waals surface area (Å²) in [5.41, 5.74) is 22.3. The van der Waals surface area contributed by atoms with Crippen molar-refractivity contribution >= 4 is 45.5 Å². The van der Waals surface area contributed by atoms with Crippen LogP contribution in [-0.2, 0) is 0 Å². The smallest absolute Gasteiger partial charge is 0.0463 e. The molecule has 4 nitrogen and oxygen atoms in total. The summed E-state index contributed by atoms with van der Waals surface area (Å²) in [5, 5.41) is 0. The molecule has 4 N–H and O–H groups in total. The molecule has 0 fully saturated rings. The minimum atomic E-state index is 0.734. The number of aryl methyl sites for hydroxylation is 2. The summed E-state index contributed by atoms with van der Waals surface area (Å²) in [5.74, 6) is 0. The molecule has 0 aliphatic carbocycles. The zero-order valence-electron chi connectivity index (χ0n) is 20.6. The zero-order chi connectivity index (χ0) is 25.1. The van der Waals surface area contributed by atoms with Crippen molar-refractivity contribution in [2.45, 2.75) is 13.8 Å². The Morgan fingerprint density at radius 3 is 0.778 bits per heavy atom. The van der Waals surface area contributed by atoms with Crippen LogP contribution in [0, 0.1) is 13.8 Å². The maximum Gasteiger partial charge on any atom is 0.0463 e. The molecule has 0 spiro atoms. The first-order valence-electron chi connectivity index (χ1n) is 12.0. The molecule has 0 saturated carbocycles. The van der Waals surface area contributed by atoms with Gasteiger partial charge in [-0.25, -0.2) is 0 Å². The molecule has 0 amide bonds. The molecule has 5 aromatic carbocycles. The number of hydrogen-bond donors (Lipinski definition) is 2. The Labute approximate surface area is 213 Å². The van der Waals surface area contributed by atoms with E-state index in [4.69, 9.17) is 11.5 Å². The van der Waals surface area contributed by atoms with E-state index < -0.39 is 0 Å². The van der Waals surface area contributed by atoms with Gasteiger partial charge in [0.25, 0.3) is 0 Å². The van der Waals surface area contributed by atoms with Crippen LogP contribution in [0.1, 0.15) is 11.1 Å². The molecular formula is C32H30N4. The number of nitrogen functional groups attached to an aromatic ring is 2. The van der Waals surface area contributed by atoms with Crippen LogP contribution in [0.5, 0.6) is 0 Å². The molecular weight excluding hydrogens is 440 g/mol. The molecule has 0 radical (unpaired) electrons. The van der Waals surface area contributed by atoms with E-state index in [0.29, 0.717) is 0 Å². The Morgan fingerprint density at radius 1 is 0.333 bits per heavy atom. The highest BCUT2D eigenvalue weighted by Crippen LogP contribution is 2.39. The first-order valence-corrected chi connectivity index (χ1v) is 12.0. The Balaban J connectivity index is 1.57. The second kappa shape index (κ2) is 9.88. The van der Waals surface area contributed by atoms with E-state index in [-0.39, 0.29) is 0 Å². The first-order chi connectivity index (χ1) is 17.5. The molecule has 5 aromatic rings. The fourth-order valence-corrected chi connectivity index (χ4v) is 4.28. The highest BCUT2D eigenvalue weighted by molar-refractivity contribution is 5.81. The Kier molecular flexibility index (Phi) is 6.33. The van der Waals surface area contributed by atoms with Gasteiger partial charge in [-0.15, -0.1) is 0 Å². The fourth-order valence-electron chi connectivity index (χ4n) is 4.28. The summed E-state index contributed by atoms with van der Waals surface area (Å²) < 4.78 is 0. The van der Waals surface area contributed by atoms with E-state index in [0.717, 1.165) is 45.5 Å². The largest absolute Gasteiger partial charge is 0.399 e. The fraction of sp³-hybridized carbons (Fsp3) is 0.0625. The molecule has 0 aliphatic heterocycles. The number of hydrogen-bond acceptors (Lipinski definition) is 4. The first kappa shape index (κ1) is 23.1. The molecule has 36 heavy (non-hydrogen) atoms. The van der Waals surface area contributed by atoms with Crippen LogP contribution in [0.25, 0.3) is 0 Å². The summed E-state index contributed by atoms with van der Waals surface area (Å²) in [4.78, 5) is 4.48. The van der Waals surface area contributed by atoms with Crippen LogP contribution >= 0.6 is 0 Å². The molecule has 0 heterocycles. The lowest BCUT2D eigenvalue weighted by atomic mass is 10.1. The van der Waals surface area contributed by atoms with Gasteiger partial charge in [0.05, 0.1) is 0 Å². The molecule has 178 valence electrons. The molecule has 5 rings (SSSR count). The minimum absolute atomic E-state index is 0.734. The van der Waals surface area contributed by atoms with Gasteiger partial charge < -0.3 is 21.3 Å². The van der Waals surface area contributed by atoms with E-state index in [1.165, 1.54) is 11.1 Å². The SMILES string of the molecule is Cc1ccc(N(c2ccc(C)cc2)c2ccc(N(c3ccc(N)cc3)c3ccc(N)cc3)cc2)cc1. The van der Waals surface area contributed by atoms with Crippen molar-refractivity contribution in [2.24, 2.45) is 0 Å². The van der Waals surface area contributed by atoms with Gasteiger partial charge in [-0.05, 0) is 111 Å². The van der Waals surface area contributed by atoms with Gasteiger partial charge in [0.1, 0.15) is 0 Å². The Morgan fingerprint density at radius 2 is 0.528 bits per heavy atom. The maximum absolute atomic E-state index is 5.97. The zero-order valence-corrected chi connectivity index (χ0v) is 20.6. The van der Waals surface area contributed by atoms with Crippen molar-refractivity contribution in [3.05, 3.63) is 132 Å². The van der Waals surface area contributed by atoms with Gasteiger partial charge >= 0.3 is 0 Å².